The molecule has 0 aliphatic carbocycles. The van der Waals surface area contributed by atoms with Gasteiger partial charge in [0.05, 0.1) is 0 Å². The minimum atomic E-state index is -0.366. The second kappa shape index (κ2) is 9.84. The molecule has 0 bridgehead atoms. The van der Waals surface area contributed by atoms with E-state index in [2.05, 4.69) is 25.1 Å². The van der Waals surface area contributed by atoms with Gasteiger partial charge in [0.15, 0.2) is 0 Å². The van der Waals surface area contributed by atoms with Gasteiger partial charge in [0.2, 0.25) is 5.95 Å². The minimum Gasteiger partial charge on any atom is -0.341 e. The molecule has 1 N–H and O–H groups in total. The Bertz CT molecular complexity index is 846. The number of aromatic nitrogens is 2. The summed E-state index contributed by atoms with van der Waals surface area (Å²) in [6.07, 6.45) is 1.67. The lowest BCUT2D eigenvalue weighted by Gasteiger charge is -2.39. The summed E-state index contributed by atoms with van der Waals surface area (Å²) in [6.45, 7) is 6.91. The van der Waals surface area contributed by atoms with Gasteiger partial charge >= 0.3 is 6.03 Å². The lowest BCUT2D eigenvalue weighted by Crippen LogP contribution is -2.51. The zero-order valence-corrected chi connectivity index (χ0v) is 18.2. The summed E-state index contributed by atoms with van der Waals surface area (Å²) < 4.78 is 13.5. The fourth-order valence-corrected chi connectivity index (χ4v) is 3.75. The number of hydrogen-bond acceptors (Lipinski definition) is 5. The van der Waals surface area contributed by atoms with E-state index in [4.69, 9.17) is 0 Å². The SMILES string of the molecule is Cc1cc(C)nc(N2CCC(N(CCN(C)C)C(=O)Nc3cccc(F)c3)CC2)n1. The molecule has 0 atom stereocenters. The summed E-state index contributed by atoms with van der Waals surface area (Å²) in [5.74, 6) is 0.393. The van der Waals surface area contributed by atoms with Gasteiger partial charge in [0.25, 0.3) is 0 Å². The first-order chi connectivity index (χ1) is 14.3. The molecule has 1 aromatic heterocycles. The van der Waals surface area contributed by atoms with Crippen LogP contribution in [0.4, 0.5) is 20.8 Å². The van der Waals surface area contributed by atoms with Gasteiger partial charge in [-0.2, -0.15) is 0 Å². The van der Waals surface area contributed by atoms with E-state index in [9.17, 15) is 9.18 Å². The smallest absolute Gasteiger partial charge is 0.322 e. The highest BCUT2D eigenvalue weighted by Crippen LogP contribution is 2.22. The Balaban J connectivity index is 1.67. The molecule has 1 aromatic carbocycles. The van der Waals surface area contributed by atoms with E-state index in [1.807, 2.05) is 38.9 Å². The second-order valence-electron chi connectivity index (χ2n) is 8.11. The Morgan fingerprint density at radius 3 is 2.40 bits per heavy atom. The number of nitrogens with one attached hydrogen (secondary N) is 1. The number of nitrogens with zero attached hydrogens (tertiary/aromatic N) is 5. The maximum Gasteiger partial charge on any atom is 0.322 e. The number of rotatable bonds is 6. The van der Waals surface area contributed by atoms with E-state index >= 15 is 0 Å². The third kappa shape index (κ3) is 5.89. The van der Waals surface area contributed by atoms with Crippen molar-refractivity contribution in [3.05, 3.63) is 47.5 Å². The summed E-state index contributed by atoms with van der Waals surface area (Å²) in [5.41, 5.74) is 2.39. The maximum absolute atomic E-state index is 13.5. The third-order valence-corrected chi connectivity index (χ3v) is 5.28. The molecule has 0 saturated carbocycles. The van der Waals surface area contributed by atoms with Gasteiger partial charge in [-0.05, 0) is 65.0 Å². The molecule has 3 rings (SSSR count). The van der Waals surface area contributed by atoms with Crippen molar-refractivity contribution in [2.24, 2.45) is 0 Å². The van der Waals surface area contributed by atoms with E-state index in [1.54, 1.807) is 12.1 Å². The number of carbonyl (C=O) groups excluding carboxylic acids is 1. The number of anilines is 2. The number of piperidine rings is 1. The molecule has 2 heterocycles. The first-order valence-electron chi connectivity index (χ1n) is 10.4. The van der Waals surface area contributed by atoms with Crippen molar-refractivity contribution in [3.63, 3.8) is 0 Å². The molecule has 1 saturated heterocycles. The van der Waals surface area contributed by atoms with E-state index in [-0.39, 0.29) is 17.9 Å². The lowest BCUT2D eigenvalue weighted by molar-refractivity contribution is 0.166. The number of carbonyl (C=O) groups is 1. The Kier molecular flexibility index (Phi) is 7.20. The Morgan fingerprint density at radius 2 is 1.80 bits per heavy atom. The number of likely N-dealkylation sites (N-methyl/N-ethyl adjacent to an activating group) is 1. The Hall–Kier alpha value is -2.74. The highest BCUT2D eigenvalue weighted by molar-refractivity contribution is 5.89. The normalized spacial score (nSPS) is 14.8. The molecule has 0 unspecified atom stereocenters. The van der Waals surface area contributed by atoms with Crippen molar-refractivity contribution in [3.8, 4) is 0 Å². The summed E-state index contributed by atoms with van der Waals surface area (Å²) in [5, 5.41) is 2.85. The lowest BCUT2D eigenvalue weighted by atomic mass is 10.0. The van der Waals surface area contributed by atoms with Gasteiger partial charge in [0.1, 0.15) is 5.82 Å². The fourth-order valence-electron chi connectivity index (χ4n) is 3.75. The van der Waals surface area contributed by atoms with Crippen LogP contribution in [0.3, 0.4) is 0 Å². The topological polar surface area (TPSA) is 64.6 Å². The molecular formula is C22H31FN6O. The van der Waals surface area contributed by atoms with Gasteiger partial charge in [-0.25, -0.2) is 19.2 Å². The van der Waals surface area contributed by atoms with Crippen LogP contribution in [0.1, 0.15) is 24.2 Å². The van der Waals surface area contributed by atoms with Gasteiger partial charge in [-0.15, -0.1) is 0 Å². The molecule has 1 aliphatic rings. The number of halogens is 1. The van der Waals surface area contributed by atoms with Crippen LogP contribution < -0.4 is 10.2 Å². The van der Waals surface area contributed by atoms with Crippen molar-refractivity contribution in [1.29, 1.82) is 0 Å². The molecule has 2 amide bonds. The standard InChI is InChI=1S/C22H31FN6O/c1-16-14-17(2)25-21(24-16)28-10-8-20(9-11-28)29(13-12-27(3)4)22(30)26-19-7-5-6-18(23)15-19/h5-7,14-15,20H,8-13H2,1-4H3,(H,26,30). The van der Waals surface area contributed by atoms with Crippen LogP contribution >= 0.6 is 0 Å². The minimum absolute atomic E-state index is 0.112. The highest BCUT2D eigenvalue weighted by Gasteiger charge is 2.29. The van der Waals surface area contributed by atoms with Gasteiger partial charge in [-0.3, -0.25) is 0 Å². The van der Waals surface area contributed by atoms with Gasteiger partial charge in [0, 0.05) is 49.3 Å². The molecule has 0 radical (unpaired) electrons. The number of hydrogen-bond donors (Lipinski definition) is 1. The maximum atomic E-state index is 13.5. The molecule has 30 heavy (non-hydrogen) atoms. The molecule has 8 heteroatoms. The summed E-state index contributed by atoms with van der Waals surface area (Å²) in [6, 6.07) is 7.88. The molecule has 2 aromatic rings. The fraction of sp³-hybridized carbons (Fsp3) is 0.500. The van der Waals surface area contributed by atoms with Crippen LogP contribution in [0.15, 0.2) is 30.3 Å². The van der Waals surface area contributed by atoms with Crippen molar-refractivity contribution in [2.75, 3.05) is 50.5 Å². The van der Waals surface area contributed by atoms with E-state index in [0.29, 0.717) is 12.2 Å². The Labute approximate surface area is 177 Å². The van der Waals surface area contributed by atoms with E-state index < -0.39 is 0 Å². The second-order valence-corrected chi connectivity index (χ2v) is 8.11. The average Bonchev–Trinajstić information content (AvgIpc) is 2.67. The molecule has 162 valence electrons. The first kappa shape index (κ1) is 22.0. The Morgan fingerprint density at radius 1 is 1.13 bits per heavy atom. The quantitative estimate of drug-likeness (QED) is 0.786. The van der Waals surface area contributed by atoms with Crippen molar-refractivity contribution in [2.45, 2.75) is 32.7 Å². The van der Waals surface area contributed by atoms with Crippen LogP contribution in [0.25, 0.3) is 0 Å². The molecule has 0 spiro atoms. The molecule has 1 fully saturated rings. The third-order valence-electron chi connectivity index (χ3n) is 5.28. The first-order valence-corrected chi connectivity index (χ1v) is 10.4. The van der Waals surface area contributed by atoms with Crippen molar-refractivity contribution >= 4 is 17.7 Å². The predicted molar refractivity (Wildman–Crippen MR) is 117 cm³/mol. The molecule has 7 nitrogen and oxygen atoms in total. The number of benzene rings is 1. The summed E-state index contributed by atoms with van der Waals surface area (Å²) in [4.78, 5) is 28.3. The predicted octanol–water partition coefficient (Wildman–Crippen LogP) is 3.30. The van der Waals surface area contributed by atoms with Crippen LogP contribution in [0.5, 0.6) is 0 Å². The average molecular weight is 415 g/mol. The number of urea groups is 1. The monoisotopic (exact) mass is 414 g/mol. The number of aryl methyl sites for hydroxylation is 2. The van der Waals surface area contributed by atoms with Crippen molar-refractivity contribution < 1.29 is 9.18 Å². The van der Waals surface area contributed by atoms with Gasteiger partial charge < -0.3 is 20.0 Å². The van der Waals surface area contributed by atoms with Crippen molar-refractivity contribution in [1.82, 2.24) is 19.8 Å². The van der Waals surface area contributed by atoms with Crippen LogP contribution in [-0.2, 0) is 0 Å². The molecule has 1 aliphatic heterocycles. The van der Waals surface area contributed by atoms with Crippen LogP contribution in [0.2, 0.25) is 0 Å². The number of amides is 2. The highest BCUT2D eigenvalue weighted by atomic mass is 19.1. The van der Waals surface area contributed by atoms with E-state index in [0.717, 1.165) is 49.8 Å². The van der Waals surface area contributed by atoms with Crippen LogP contribution in [0, 0.1) is 19.7 Å². The zero-order chi connectivity index (χ0) is 21.7. The van der Waals surface area contributed by atoms with Gasteiger partial charge in [-0.1, -0.05) is 6.07 Å². The largest absolute Gasteiger partial charge is 0.341 e. The zero-order valence-electron chi connectivity index (χ0n) is 18.2. The summed E-state index contributed by atoms with van der Waals surface area (Å²) in [7, 11) is 3.98. The van der Waals surface area contributed by atoms with Crippen LogP contribution in [-0.4, -0.2) is 72.1 Å². The van der Waals surface area contributed by atoms with E-state index in [1.165, 1.54) is 12.1 Å². The molecular weight excluding hydrogens is 383 g/mol. The summed E-state index contributed by atoms with van der Waals surface area (Å²) >= 11 is 0.